The number of likely N-dealkylation sites (N-methyl/N-ethyl adjacent to an activating group) is 1. The van der Waals surface area contributed by atoms with Gasteiger partial charge in [0.1, 0.15) is 5.75 Å². The molecule has 1 rings (SSSR count). The zero-order valence-corrected chi connectivity index (χ0v) is 11.2. The van der Waals surface area contributed by atoms with Gasteiger partial charge in [0.2, 0.25) is 0 Å². The molecule has 3 heteroatoms. The first kappa shape index (κ1) is 14.0. The van der Waals surface area contributed by atoms with Gasteiger partial charge in [-0.2, -0.15) is 0 Å². The summed E-state index contributed by atoms with van der Waals surface area (Å²) in [5, 5.41) is 10.3. The molecule has 0 aliphatic carbocycles. The quantitative estimate of drug-likeness (QED) is 0.825. The average Bonchev–Trinajstić information content (AvgIpc) is 2.37. The molecule has 0 heterocycles. The van der Waals surface area contributed by atoms with Gasteiger partial charge < -0.3 is 14.7 Å². The summed E-state index contributed by atoms with van der Waals surface area (Å²) in [7, 11) is 3.68. The van der Waals surface area contributed by atoms with Crippen molar-refractivity contribution in [3.63, 3.8) is 0 Å². The smallest absolute Gasteiger partial charge is 0.118 e. The monoisotopic (exact) mass is 237 g/mol. The first-order valence-corrected chi connectivity index (χ1v) is 6.12. The maximum Gasteiger partial charge on any atom is 0.118 e. The summed E-state index contributed by atoms with van der Waals surface area (Å²) < 4.78 is 5.10. The predicted octanol–water partition coefficient (Wildman–Crippen LogP) is 2.46. The highest BCUT2D eigenvalue weighted by atomic mass is 16.5. The third-order valence-electron chi connectivity index (χ3n) is 3.19. The predicted molar refractivity (Wildman–Crippen MR) is 70.3 cm³/mol. The van der Waals surface area contributed by atoms with E-state index in [0.29, 0.717) is 0 Å². The van der Waals surface area contributed by atoms with Gasteiger partial charge in [-0.1, -0.05) is 19.1 Å². The van der Waals surface area contributed by atoms with Crippen LogP contribution in [-0.2, 0) is 0 Å². The maximum absolute atomic E-state index is 10.3. The van der Waals surface area contributed by atoms with Crippen molar-refractivity contribution in [2.75, 3.05) is 20.7 Å². The largest absolute Gasteiger partial charge is 0.497 e. The summed E-state index contributed by atoms with van der Waals surface area (Å²) in [6.07, 6.45) is 0.633. The van der Waals surface area contributed by atoms with Crippen LogP contribution >= 0.6 is 0 Å². The zero-order valence-electron chi connectivity index (χ0n) is 11.2. The lowest BCUT2D eigenvalue weighted by atomic mass is 10.0. The van der Waals surface area contributed by atoms with E-state index in [2.05, 4.69) is 11.8 Å². The van der Waals surface area contributed by atoms with Crippen molar-refractivity contribution in [1.29, 1.82) is 0 Å². The number of aliphatic hydroxyl groups is 1. The van der Waals surface area contributed by atoms with Gasteiger partial charge in [-0.05, 0) is 44.6 Å². The summed E-state index contributed by atoms with van der Waals surface area (Å²) in [5.74, 6) is 0.815. The van der Waals surface area contributed by atoms with E-state index < -0.39 is 6.10 Å². The van der Waals surface area contributed by atoms with E-state index in [4.69, 9.17) is 4.74 Å². The van der Waals surface area contributed by atoms with Crippen LogP contribution in [0, 0.1) is 0 Å². The lowest BCUT2D eigenvalue weighted by molar-refractivity contribution is 0.0727. The summed E-state index contributed by atoms with van der Waals surface area (Å²) in [6, 6.07) is 7.71. The van der Waals surface area contributed by atoms with Crippen molar-refractivity contribution in [2.24, 2.45) is 0 Å². The molecular weight excluding hydrogens is 214 g/mol. The molecule has 0 radical (unpaired) electrons. The Morgan fingerprint density at radius 1 is 1.29 bits per heavy atom. The second kappa shape index (κ2) is 6.62. The topological polar surface area (TPSA) is 32.7 Å². The fourth-order valence-electron chi connectivity index (χ4n) is 1.88. The van der Waals surface area contributed by atoms with E-state index >= 15 is 0 Å². The minimum absolute atomic E-state index is 0.114. The van der Waals surface area contributed by atoms with Crippen LogP contribution in [0.25, 0.3) is 0 Å². The first-order chi connectivity index (χ1) is 8.10. The molecular formula is C14H23NO2. The van der Waals surface area contributed by atoms with E-state index in [1.54, 1.807) is 7.11 Å². The Bertz CT molecular complexity index is 323. The SMILES string of the molecule is CCCN(C)C(C)C(O)c1ccc(OC)cc1. The molecule has 0 saturated carbocycles. The minimum Gasteiger partial charge on any atom is -0.497 e. The lowest BCUT2D eigenvalue weighted by Crippen LogP contribution is -2.34. The molecule has 0 aliphatic rings. The number of nitrogens with zero attached hydrogens (tertiary/aromatic N) is 1. The Morgan fingerprint density at radius 3 is 2.35 bits per heavy atom. The number of ether oxygens (including phenoxy) is 1. The van der Waals surface area contributed by atoms with Crippen LogP contribution in [0.4, 0.5) is 0 Å². The number of hydrogen-bond donors (Lipinski definition) is 1. The molecule has 2 atom stereocenters. The highest BCUT2D eigenvalue weighted by molar-refractivity contribution is 5.28. The van der Waals surface area contributed by atoms with Gasteiger partial charge in [0.05, 0.1) is 13.2 Å². The van der Waals surface area contributed by atoms with Crippen molar-refractivity contribution < 1.29 is 9.84 Å². The normalized spacial score (nSPS) is 14.7. The number of hydrogen-bond acceptors (Lipinski definition) is 3. The number of rotatable bonds is 6. The van der Waals surface area contributed by atoms with Gasteiger partial charge in [-0.25, -0.2) is 0 Å². The van der Waals surface area contributed by atoms with Crippen LogP contribution in [0.3, 0.4) is 0 Å². The Hall–Kier alpha value is -1.06. The van der Waals surface area contributed by atoms with E-state index in [-0.39, 0.29) is 6.04 Å². The van der Waals surface area contributed by atoms with E-state index in [0.717, 1.165) is 24.3 Å². The molecule has 96 valence electrons. The summed E-state index contributed by atoms with van der Waals surface area (Å²) in [5.41, 5.74) is 0.932. The van der Waals surface area contributed by atoms with Gasteiger partial charge in [-0.15, -0.1) is 0 Å². The van der Waals surface area contributed by atoms with Gasteiger partial charge in [-0.3, -0.25) is 0 Å². The van der Waals surface area contributed by atoms with Gasteiger partial charge in [0.25, 0.3) is 0 Å². The van der Waals surface area contributed by atoms with Gasteiger partial charge >= 0.3 is 0 Å². The van der Waals surface area contributed by atoms with Crippen LogP contribution in [0.15, 0.2) is 24.3 Å². The second-order valence-corrected chi connectivity index (χ2v) is 4.44. The van der Waals surface area contributed by atoms with E-state index in [9.17, 15) is 5.11 Å². The zero-order chi connectivity index (χ0) is 12.8. The van der Waals surface area contributed by atoms with Gasteiger partial charge in [0.15, 0.2) is 0 Å². The van der Waals surface area contributed by atoms with Crippen LogP contribution in [0.1, 0.15) is 31.9 Å². The van der Waals surface area contributed by atoms with E-state index in [1.165, 1.54) is 0 Å². The summed E-state index contributed by atoms with van der Waals surface area (Å²) in [4.78, 5) is 2.18. The fourth-order valence-corrected chi connectivity index (χ4v) is 1.88. The van der Waals surface area contributed by atoms with Crippen molar-refractivity contribution in [1.82, 2.24) is 4.90 Å². The molecule has 17 heavy (non-hydrogen) atoms. The Labute approximate surface area is 104 Å². The number of methoxy groups -OCH3 is 1. The van der Waals surface area contributed by atoms with Crippen molar-refractivity contribution >= 4 is 0 Å². The van der Waals surface area contributed by atoms with Crippen LogP contribution in [-0.4, -0.2) is 36.8 Å². The molecule has 2 unspecified atom stereocenters. The molecule has 0 aromatic heterocycles. The van der Waals surface area contributed by atoms with Crippen molar-refractivity contribution in [3.8, 4) is 5.75 Å². The highest BCUT2D eigenvalue weighted by Gasteiger charge is 2.19. The summed E-state index contributed by atoms with van der Waals surface area (Å²) in [6.45, 7) is 5.18. The fraction of sp³-hybridized carbons (Fsp3) is 0.571. The molecule has 0 fully saturated rings. The van der Waals surface area contributed by atoms with E-state index in [1.807, 2.05) is 38.2 Å². The lowest BCUT2D eigenvalue weighted by Gasteiger charge is -2.28. The molecule has 0 spiro atoms. The molecule has 1 aromatic rings. The van der Waals surface area contributed by atoms with Crippen LogP contribution in [0.5, 0.6) is 5.75 Å². The Balaban J connectivity index is 2.70. The third kappa shape index (κ3) is 3.72. The molecule has 1 N–H and O–H groups in total. The minimum atomic E-state index is -0.461. The molecule has 0 bridgehead atoms. The number of aliphatic hydroxyl groups excluding tert-OH is 1. The second-order valence-electron chi connectivity index (χ2n) is 4.44. The standard InChI is InChI=1S/C14H23NO2/c1-5-10-15(3)11(2)14(16)12-6-8-13(17-4)9-7-12/h6-9,11,14,16H,5,10H2,1-4H3. The third-order valence-corrected chi connectivity index (χ3v) is 3.19. The van der Waals surface area contributed by atoms with Crippen LogP contribution < -0.4 is 4.74 Å². The van der Waals surface area contributed by atoms with Crippen molar-refractivity contribution in [3.05, 3.63) is 29.8 Å². The van der Waals surface area contributed by atoms with Gasteiger partial charge in [0, 0.05) is 6.04 Å². The van der Waals surface area contributed by atoms with Crippen molar-refractivity contribution in [2.45, 2.75) is 32.4 Å². The molecule has 0 saturated heterocycles. The Kier molecular flexibility index (Phi) is 5.45. The Morgan fingerprint density at radius 2 is 1.88 bits per heavy atom. The average molecular weight is 237 g/mol. The molecule has 0 amide bonds. The summed E-state index contributed by atoms with van der Waals surface area (Å²) >= 11 is 0. The maximum atomic E-state index is 10.3. The highest BCUT2D eigenvalue weighted by Crippen LogP contribution is 2.22. The molecule has 0 aliphatic heterocycles. The first-order valence-electron chi connectivity index (χ1n) is 6.12. The number of benzene rings is 1. The molecule has 3 nitrogen and oxygen atoms in total. The molecule has 1 aromatic carbocycles. The van der Waals surface area contributed by atoms with Crippen LogP contribution in [0.2, 0.25) is 0 Å².